The van der Waals surface area contributed by atoms with Crippen molar-refractivity contribution >= 4 is 5.78 Å². The molecule has 3 aliphatic rings. The van der Waals surface area contributed by atoms with Gasteiger partial charge in [-0.15, -0.1) is 0 Å². The Balaban J connectivity index is 1.82. The molecule has 1 heterocycles. The van der Waals surface area contributed by atoms with Crippen LogP contribution in [0.25, 0.3) is 0 Å². The van der Waals surface area contributed by atoms with Crippen molar-refractivity contribution in [3.8, 4) is 0 Å². The van der Waals surface area contributed by atoms with E-state index in [1.807, 2.05) is 6.08 Å². The maximum Gasteiger partial charge on any atom is 0.197 e. The van der Waals surface area contributed by atoms with Crippen LogP contribution in [-0.2, 0) is 19.0 Å². The number of hydrogen-bond donors (Lipinski definition) is 0. The van der Waals surface area contributed by atoms with Crippen molar-refractivity contribution in [2.75, 3.05) is 20.3 Å². The minimum absolute atomic E-state index is 0.110. The molecule has 4 nitrogen and oxygen atoms in total. The van der Waals surface area contributed by atoms with Gasteiger partial charge in [-0.3, -0.25) is 4.79 Å². The first-order valence-electron chi connectivity index (χ1n) is 5.79. The molecule has 0 aromatic heterocycles. The maximum absolute atomic E-state index is 11.7. The van der Waals surface area contributed by atoms with Gasteiger partial charge < -0.3 is 14.2 Å². The first-order chi connectivity index (χ1) is 7.72. The minimum atomic E-state index is -0.407. The Morgan fingerprint density at radius 1 is 1.38 bits per heavy atom. The van der Waals surface area contributed by atoms with Crippen molar-refractivity contribution in [1.82, 2.24) is 0 Å². The normalized spacial score (nSPS) is 36.3. The highest BCUT2D eigenvalue weighted by Crippen LogP contribution is 2.48. The molecule has 1 saturated heterocycles. The van der Waals surface area contributed by atoms with Gasteiger partial charge in [0.05, 0.1) is 20.3 Å². The SMILES string of the molecule is COC1=C[C@@H]2CC3(C[C@H]2CC1=O)OCCO3. The smallest absolute Gasteiger partial charge is 0.197 e. The Labute approximate surface area is 94.5 Å². The third-order valence-corrected chi connectivity index (χ3v) is 3.85. The Morgan fingerprint density at radius 3 is 2.81 bits per heavy atom. The quantitative estimate of drug-likeness (QED) is 0.672. The monoisotopic (exact) mass is 224 g/mol. The fourth-order valence-corrected chi connectivity index (χ4v) is 3.12. The van der Waals surface area contributed by atoms with E-state index >= 15 is 0 Å². The molecule has 1 saturated carbocycles. The summed E-state index contributed by atoms with van der Waals surface area (Å²) in [4.78, 5) is 11.7. The summed E-state index contributed by atoms with van der Waals surface area (Å²) in [5.74, 6) is 0.945. The Morgan fingerprint density at radius 2 is 2.12 bits per heavy atom. The van der Waals surface area contributed by atoms with E-state index in [0.717, 1.165) is 12.8 Å². The van der Waals surface area contributed by atoms with Crippen molar-refractivity contribution in [1.29, 1.82) is 0 Å². The summed E-state index contributed by atoms with van der Waals surface area (Å²) in [7, 11) is 1.55. The molecular formula is C12H16O4. The number of carbonyl (C=O) groups excluding carboxylic acids is 1. The van der Waals surface area contributed by atoms with E-state index in [-0.39, 0.29) is 5.78 Å². The molecule has 0 radical (unpaired) electrons. The lowest BCUT2D eigenvalue weighted by Crippen LogP contribution is -2.26. The van der Waals surface area contributed by atoms with Crippen LogP contribution in [0.2, 0.25) is 0 Å². The first-order valence-corrected chi connectivity index (χ1v) is 5.79. The number of ketones is 1. The number of hydrogen-bond acceptors (Lipinski definition) is 4. The maximum atomic E-state index is 11.7. The van der Waals surface area contributed by atoms with Crippen LogP contribution in [0.1, 0.15) is 19.3 Å². The molecule has 0 N–H and O–H groups in total. The molecule has 2 aliphatic carbocycles. The molecule has 1 aliphatic heterocycles. The fraction of sp³-hybridized carbons (Fsp3) is 0.750. The molecule has 0 aromatic rings. The standard InChI is InChI=1S/C12H16O4/c1-14-11-5-9-7-12(15-2-3-16-12)6-8(9)4-10(11)13/h5,8-9H,2-4,6-7H2,1H3/t8-,9-/m1/s1. The highest BCUT2D eigenvalue weighted by molar-refractivity contribution is 5.94. The molecule has 0 aromatic carbocycles. The lowest BCUT2D eigenvalue weighted by Gasteiger charge is -2.21. The van der Waals surface area contributed by atoms with Crippen LogP contribution in [0.5, 0.6) is 0 Å². The summed E-state index contributed by atoms with van der Waals surface area (Å²) in [6, 6.07) is 0. The second-order valence-corrected chi connectivity index (χ2v) is 4.80. The van der Waals surface area contributed by atoms with Gasteiger partial charge in [0.25, 0.3) is 0 Å². The highest BCUT2D eigenvalue weighted by Gasteiger charge is 2.50. The number of ether oxygens (including phenoxy) is 3. The van der Waals surface area contributed by atoms with Crippen LogP contribution in [0.4, 0.5) is 0 Å². The van der Waals surface area contributed by atoms with Crippen molar-refractivity contribution < 1.29 is 19.0 Å². The minimum Gasteiger partial charge on any atom is -0.493 e. The van der Waals surface area contributed by atoms with E-state index in [9.17, 15) is 4.79 Å². The van der Waals surface area contributed by atoms with Crippen molar-refractivity contribution in [2.45, 2.75) is 25.0 Å². The van der Waals surface area contributed by atoms with E-state index < -0.39 is 5.79 Å². The van der Waals surface area contributed by atoms with Gasteiger partial charge in [0.2, 0.25) is 0 Å². The molecule has 1 spiro atoms. The average molecular weight is 224 g/mol. The largest absolute Gasteiger partial charge is 0.493 e. The van der Waals surface area contributed by atoms with Crippen LogP contribution in [-0.4, -0.2) is 31.9 Å². The second kappa shape index (κ2) is 3.57. The van der Waals surface area contributed by atoms with Crippen LogP contribution in [0.3, 0.4) is 0 Å². The summed E-state index contributed by atoms with van der Waals surface area (Å²) in [5, 5.41) is 0. The van der Waals surface area contributed by atoms with Gasteiger partial charge in [0, 0.05) is 19.3 Å². The van der Waals surface area contributed by atoms with Gasteiger partial charge in [-0.2, -0.15) is 0 Å². The molecule has 16 heavy (non-hydrogen) atoms. The van der Waals surface area contributed by atoms with Crippen molar-refractivity contribution in [2.24, 2.45) is 11.8 Å². The number of rotatable bonds is 1. The highest BCUT2D eigenvalue weighted by atomic mass is 16.7. The van der Waals surface area contributed by atoms with E-state index in [1.54, 1.807) is 7.11 Å². The van der Waals surface area contributed by atoms with E-state index in [4.69, 9.17) is 14.2 Å². The van der Waals surface area contributed by atoms with Gasteiger partial charge in [0.15, 0.2) is 17.3 Å². The van der Waals surface area contributed by atoms with Crippen LogP contribution >= 0.6 is 0 Å². The molecule has 3 rings (SSSR count). The summed E-state index contributed by atoms with van der Waals surface area (Å²) in [5.41, 5.74) is 0. The van der Waals surface area contributed by atoms with Crippen LogP contribution in [0, 0.1) is 11.8 Å². The molecule has 2 atom stereocenters. The number of Topliss-reactive ketones (excluding diaryl/α,β-unsaturated/α-hetero) is 1. The van der Waals surface area contributed by atoms with Crippen LogP contribution < -0.4 is 0 Å². The van der Waals surface area contributed by atoms with Crippen molar-refractivity contribution in [3.63, 3.8) is 0 Å². The van der Waals surface area contributed by atoms with E-state index in [2.05, 4.69) is 0 Å². The van der Waals surface area contributed by atoms with E-state index in [1.165, 1.54) is 0 Å². The van der Waals surface area contributed by atoms with Crippen molar-refractivity contribution in [3.05, 3.63) is 11.8 Å². The lowest BCUT2D eigenvalue weighted by molar-refractivity contribution is -0.153. The Kier molecular flexibility index (Phi) is 2.30. The lowest BCUT2D eigenvalue weighted by atomic mass is 9.85. The van der Waals surface area contributed by atoms with Gasteiger partial charge >= 0.3 is 0 Å². The number of carbonyl (C=O) groups is 1. The Bertz CT molecular complexity index is 341. The van der Waals surface area contributed by atoms with Gasteiger partial charge in [-0.25, -0.2) is 0 Å². The summed E-state index contributed by atoms with van der Waals surface area (Å²) in [6.45, 7) is 1.35. The van der Waals surface area contributed by atoms with Gasteiger partial charge in [0.1, 0.15) is 0 Å². The molecule has 2 fully saturated rings. The molecule has 0 bridgehead atoms. The summed E-state index contributed by atoms with van der Waals surface area (Å²) in [6.07, 6.45) is 4.23. The van der Waals surface area contributed by atoms with Gasteiger partial charge in [-0.1, -0.05) is 0 Å². The molecule has 0 unspecified atom stereocenters. The molecule has 0 amide bonds. The average Bonchev–Trinajstić information content (AvgIpc) is 2.84. The zero-order valence-electron chi connectivity index (χ0n) is 9.40. The fourth-order valence-electron chi connectivity index (χ4n) is 3.12. The second-order valence-electron chi connectivity index (χ2n) is 4.80. The third-order valence-electron chi connectivity index (χ3n) is 3.85. The number of methoxy groups -OCH3 is 1. The van der Waals surface area contributed by atoms with Gasteiger partial charge in [-0.05, 0) is 17.9 Å². The first kappa shape index (κ1) is 10.3. The predicted octanol–water partition coefficient (Wildman–Crippen LogP) is 1.26. The zero-order chi connectivity index (χ0) is 11.2. The third kappa shape index (κ3) is 1.48. The topological polar surface area (TPSA) is 44.8 Å². The zero-order valence-corrected chi connectivity index (χ0v) is 9.40. The van der Waals surface area contributed by atoms with Crippen LogP contribution in [0.15, 0.2) is 11.8 Å². The Hall–Kier alpha value is -0.870. The van der Waals surface area contributed by atoms with E-state index in [0.29, 0.717) is 37.2 Å². The number of allylic oxidation sites excluding steroid dienone is 2. The molecular weight excluding hydrogens is 208 g/mol. The number of fused-ring (bicyclic) bond motifs is 1. The molecule has 4 heteroatoms. The summed E-state index contributed by atoms with van der Waals surface area (Å²) >= 11 is 0. The molecule has 88 valence electrons. The summed E-state index contributed by atoms with van der Waals surface area (Å²) < 4.78 is 16.5. The predicted molar refractivity (Wildman–Crippen MR) is 55.6 cm³/mol.